The van der Waals surface area contributed by atoms with E-state index in [2.05, 4.69) is 5.32 Å². The number of ether oxygens (including phenoxy) is 1. The van der Waals surface area contributed by atoms with Crippen molar-refractivity contribution in [3.63, 3.8) is 0 Å². The zero-order valence-electron chi connectivity index (χ0n) is 14.7. The van der Waals surface area contributed by atoms with E-state index in [1.807, 2.05) is 49.4 Å². The first kappa shape index (κ1) is 18.5. The molecule has 0 aliphatic carbocycles. The lowest BCUT2D eigenvalue weighted by molar-refractivity contribution is -0.132. The molecule has 1 N–H and O–H groups in total. The van der Waals surface area contributed by atoms with Crippen LogP contribution in [0.25, 0.3) is 0 Å². The highest BCUT2D eigenvalue weighted by molar-refractivity contribution is 5.95. The predicted molar refractivity (Wildman–Crippen MR) is 98.6 cm³/mol. The molecule has 0 unspecified atom stereocenters. The van der Waals surface area contributed by atoms with Gasteiger partial charge in [-0.25, -0.2) is 0 Å². The van der Waals surface area contributed by atoms with Crippen LogP contribution >= 0.6 is 0 Å². The SMILES string of the molecule is CCOc1ccccc1NC(=O)CN(CCc1ccccc1)C(C)=O. The number of anilines is 1. The van der Waals surface area contributed by atoms with Gasteiger partial charge in [0.2, 0.25) is 11.8 Å². The molecule has 0 aromatic heterocycles. The molecule has 0 aliphatic rings. The number of para-hydroxylation sites is 2. The second-order valence-electron chi connectivity index (χ2n) is 5.65. The molecule has 2 aromatic rings. The molecular formula is C20H24N2O3. The van der Waals surface area contributed by atoms with E-state index in [1.165, 1.54) is 6.92 Å². The number of carbonyl (C=O) groups is 2. The smallest absolute Gasteiger partial charge is 0.244 e. The molecule has 0 bridgehead atoms. The normalized spacial score (nSPS) is 10.2. The average molecular weight is 340 g/mol. The van der Waals surface area contributed by atoms with Crippen LogP contribution in [0.1, 0.15) is 19.4 Å². The molecule has 0 saturated heterocycles. The third-order valence-corrected chi connectivity index (χ3v) is 3.75. The second kappa shape index (κ2) is 9.47. The number of hydrogen-bond donors (Lipinski definition) is 1. The van der Waals surface area contributed by atoms with Crippen molar-refractivity contribution < 1.29 is 14.3 Å². The maximum Gasteiger partial charge on any atom is 0.244 e. The van der Waals surface area contributed by atoms with Crippen LogP contribution in [0.4, 0.5) is 5.69 Å². The summed E-state index contributed by atoms with van der Waals surface area (Å²) in [5, 5.41) is 2.82. The second-order valence-corrected chi connectivity index (χ2v) is 5.65. The van der Waals surface area contributed by atoms with Crippen LogP contribution in [0.2, 0.25) is 0 Å². The van der Waals surface area contributed by atoms with Gasteiger partial charge in [-0.15, -0.1) is 0 Å². The molecule has 5 heteroatoms. The first-order chi connectivity index (χ1) is 12.1. The van der Waals surface area contributed by atoms with Gasteiger partial charge in [0, 0.05) is 13.5 Å². The minimum absolute atomic E-state index is 0.0165. The zero-order chi connectivity index (χ0) is 18.1. The first-order valence-corrected chi connectivity index (χ1v) is 8.41. The fourth-order valence-corrected chi connectivity index (χ4v) is 2.47. The number of carbonyl (C=O) groups excluding carboxylic acids is 2. The van der Waals surface area contributed by atoms with Crippen molar-refractivity contribution in [2.45, 2.75) is 20.3 Å². The first-order valence-electron chi connectivity index (χ1n) is 8.41. The van der Waals surface area contributed by atoms with Crippen molar-refractivity contribution in [3.8, 4) is 5.75 Å². The van der Waals surface area contributed by atoms with E-state index in [0.29, 0.717) is 31.0 Å². The Balaban J connectivity index is 1.95. The zero-order valence-corrected chi connectivity index (χ0v) is 14.7. The largest absolute Gasteiger partial charge is 0.492 e. The van der Waals surface area contributed by atoms with Gasteiger partial charge in [0.25, 0.3) is 0 Å². The summed E-state index contributed by atoms with van der Waals surface area (Å²) in [5.41, 5.74) is 1.75. The van der Waals surface area contributed by atoms with Gasteiger partial charge in [0.1, 0.15) is 5.75 Å². The van der Waals surface area contributed by atoms with E-state index < -0.39 is 0 Å². The fraction of sp³-hybridized carbons (Fsp3) is 0.300. The van der Waals surface area contributed by atoms with Crippen LogP contribution in [0.5, 0.6) is 5.75 Å². The van der Waals surface area contributed by atoms with Gasteiger partial charge in [-0.05, 0) is 31.0 Å². The predicted octanol–water partition coefficient (Wildman–Crippen LogP) is 3.12. The standard InChI is InChI=1S/C20H24N2O3/c1-3-25-19-12-8-7-11-18(19)21-20(24)15-22(16(2)23)14-13-17-9-5-4-6-10-17/h4-12H,3,13-15H2,1-2H3,(H,21,24). The summed E-state index contributed by atoms with van der Waals surface area (Å²) in [5.74, 6) is 0.261. The molecule has 0 saturated carbocycles. The number of nitrogens with one attached hydrogen (secondary N) is 1. The van der Waals surface area contributed by atoms with E-state index in [1.54, 1.807) is 17.0 Å². The Morgan fingerprint density at radius 3 is 2.40 bits per heavy atom. The maximum atomic E-state index is 12.3. The van der Waals surface area contributed by atoms with Crippen molar-refractivity contribution in [2.24, 2.45) is 0 Å². The molecule has 5 nitrogen and oxygen atoms in total. The van der Waals surface area contributed by atoms with Crippen LogP contribution in [-0.4, -0.2) is 36.4 Å². The molecule has 0 atom stereocenters. The van der Waals surface area contributed by atoms with E-state index >= 15 is 0 Å². The molecule has 0 fully saturated rings. The van der Waals surface area contributed by atoms with Crippen LogP contribution < -0.4 is 10.1 Å². The molecule has 25 heavy (non-hydrogen) atoms. The summed E-state index contributed by atoms with van der Waals surface area (Å²) >= 11 is 0. The van der Waals surface area contributed by atoms with Gasteiger partial charge in [0.05, 0.1) is 18.8 Å². The Bertz CT molecular complexity index is 701. The van der Waals surface area contributed by atoms with Gasteiger partial charge < -0.3 is 15.0 Å². The Morgan fingerprint density at radius 1 is 1.04 bits per heavy atom. The number of amides is 2. The Labute approximate surface area is 148 Å². The molecule has 2 aromatic carbocycles. The average Bonchev–Trinajstić information content (AvgIpc) is 2.61. The number of hydrogen-bond acceptors (Lipinski definition) is 3. The van der Waals surface area contributed by atoms with Crippen molar-refractivity contribution in [1.29, 1.82) is 0 Å². The third kappa shape index (κ3) is 5.95. The highest BCUT2D eigenvalue weighted by Crippen LogP contribution is 2.23. The third-order valence-electron chi connectivity index (χ3n) is 3.75. The topological polar surface area (TPSA) is 58.6 Å². The lowest BCUT2D eigenvalue weighted by Gasteiger charge is -2.21. The molecule has 2 rings (SSSR count). The van der Waals surface area contributed by atoms with Gasteiger partial charge >= 0.3 is 0 Å². The van der Waals surface area contributed by atoms with Crippen LogP contribution in [0, 0.1) is 0 Å². The highest BCUT2D eigenvalue weighted by atomic mass is 16.5. The van der Waals surface area contributed by atoms with E-state index in [9.17, 15) is 9.59 Å². The molecule has 2 amide bonds. The van der Waals surface area contributed by atoms with Crippen molar-refractivity contribution in [1.82, 2.24) is 4.90 Å². The minimum atomic E-state index is -0.240. The Kier molecular flexibility index (Phi) is 7.01. The summed E-state index contributed by atoms with van der Waals surface area (Å²) in [4.78, 5) is 25.7. The Hall–Kier alpha value is -2.82. The van der Waals surface area contributed by atoms with E-state index in [0.717, 1.165) is 5.56 Å². The molecule has 0 spiro atoms. The lowest BCUT2D eigenvalue weighted by atomic mass is 10.1. The molecule has 132 valence electrons. The van der Waals surface area contributed by atoms with E-state index in [4.69, 9.17) is 4.74 Å². The summed E-state index contributed by atoms with van der Waals surface area (Å²) in [6, 6.07) is 17.2. The quantitative estimate of drug-likeness (QED) is 0.803. The van der Waals surface area contributed by atoms with Gasteiger partial charge in [-0.2, -0.15) is 0 Å². The molecule has 0 aliphatic heterocycles. The van der Waals surface area contributed by atoms with Crippen LogP contribution in [-0.2, 0) is 16.0 Å². The number of benzene rings is 2. The molecule has 0 heterocycles. The van der Waals surface area contributed by atoms with Crippen molar-refractivity contribution >= 4 is 17.5 Å². The maximum absolute atomic E-state index is 12.3. The monoisotopic (exact) mass is 340 g/mol. The minimum Gasteiger partial charge on any atom is -0.492 e. The fourth-order valence-electron chi connectivity index (χ4n) is 2.47. The summed E-state index contributed by atoms with van der Waals surface area (Å²) in [6.07, 6.45) is 0.712. The van der Waals surface area contributed by atoms with Gasteiger partial charge in [-0.1, -0.05) is 42.5 Å². The van der Waals surface area contributed by atoms with Gasteiger partial charge in [-0.3, -0.25) is 9.59 Å². The summed E-state index contributed by atoms with van der Waals surface area (Å²) in [6.45, 7) is 4.40. The number of nitrogens with zero attached hydrogens (tertiary/aromatic N) is 1. The van der Waals surface area contributed by atoms with Gasteiger partial charge in [0.15, 0.2) is 0 Å². The van der Waals surface area contributed by atoms with Crippen LogP contribution in [0.3, 0.4) is 0 Å². The lowest BCUT2D eigenvalue weighted by Crippen LogP contribution is -2.38. The summed E-state index contributed by atoms with van der Waals surface area (Å²) < 4.78 is 5.50. The molecular weight excluding hydrogens is 316 g/mol. The Morgan fingerprint density at radius 2 is 1.72 bits per heavy atom. The molecule has 0 radical (unpaired) electrons. The van der Waals surface area contributed by atoms with Crippen molar-refractivity contribution in [2.75, 3.05) is 25.0 Å². The van der Waals surface area contributed by atoms with Crippen molar-refractivity contribution in [3.05, 3.63) is 60.2 Å². The van der Waals surface area contributed by atoms with E-state index in [-0.39, 0.29) is 18.4 Å². The van der Waals surface area contributed by atoms with Crippen LogP contribution in [0.15, 0.2) is 54.6 Å². The summed E-state index contributed by atoms with van der Waals surface area (Å²) in [7, 11) is 0. The highest BCUT2D eigenvalue weighted by Gasteiger charge is 2.15. The number of rotatable bonds is 8.